The molecule has 6 nitrogen and oxygen atoms in total. The van der Waals surface area contributed by atoms with E-state index in [0.29, 0.717) is 18.8 Å². The van der Waals surface area contributed by atoms with Crippen molar-refractivity contribution in [3.8, 4) is 0 Å². The van der Waals surface area contributed by atoms with Crippen molar-refractivity contribution >= 4 is 17.7 Å². The lowest BCUT2D eigenvalue weighted by Crippen LogP contribution is -2.53. The number of hydrogen-bond acceptors (Lipinski definition) is 6. The number of ketones is 1. The van der Waals surface area contributed by atoms with Crippen LogP contribution in [0.4, 0.5) is 0 Å². The molecule has 0 aromatic rings. The van der Waals surface area contributed by atoms with Crippen molar-refractivity contribution < 1.29 is 28.6 Å². The summed E-state index contributed by atoms with van der Waals surface area (Å²) in [6, 6.07) is 0. The second-order valence-corrected chi connectivity index (χ2v) is 7.20. The maximum Gasteiger partial charge on any atom is 0.373 e. The number of esters is 2. The van der Waals surface area contributed by atoms with Crippen LogP contribution in [-0.2, 0) is 28.6 Å². The quantitative estimate of drug-likeness (QED) is 0.726. The topological polar surface area (TPSA) is 78.9 Å². The summed E-state index contributed by atoms with van der Waals surface area (Å²) < 4.78 is 16.3. The van der Waals surface area contributed by atoms with Crippen LogP contribution in [0.3, 0.4) is 0 Å². The van der Waals surface area contributed by atoms with E-state index in [1.54, 1.807) is 13.0 Å². The summed E-state index contributed by atoms with van der Waals surface area (Å²) in [6.07, 6.45) is 6.54. The fourth-order valence-electron chi connectivity index (χ4n) is 4.19. The van der Waals surface area contributed by atoms with E-state index in [1.165, 1.54) is 6.92 Å². The smallest absolute Gasteiger partial charge is 0.373 e. The van der Waals surface area contributed by atoms with Gasteiger partial charge in [0.1, 0.15) is 11.2 Å². The van der Waals surface area contributed by atoms with E-state index in [4.69, 9.17) is 14.2 Å². The Kier molecular flexibility index (Phi) is 5.16. The number of rotatable bonds is 4. The molecule has 1 spiro atoms. The van der Waals surface area contributed by atoms with Gasteiger partial charge in [0, 0.05) is 19.3 Å². The van der Waals surface area contributed by atoms with Crippen LogP contribution in [0.15, 0.2) is 11.8 Å². The average molecular weight is 350 g/mol. The first kappa shape index (κ1) is 18.0. The fraction of sp³-hybridized carbons (Fsp3) is 0.737. The third-order valence-electron chi connectivity index (χ3n) is 5.47. The van der Waals surface area contributed by atoms with Gasteiger partial charge in [-0.2, -0.15) is 0 Å². The molecule has 0 aromatic carbocycles. The van der Waals surface area contributed by atoms with Gasteiger partial charge in [-0.05, 0) is 44.6 Å². The van der Waals surface area contributed by atoms with E-state index < -0.39 is 23.6 Å². The average Bonchev–Trinajstić information content (AvgIpc) is 3.39. The molecule has 0 amide bonds. The second-order valence-electron chi connectivity index (χ2n) is 7.20. The van der Waals surface area contributed by atoms with Crippen LogP contribution in [-0.4, -0.2) is 30.6 Å². The van der Waals surface area contributed by atoms with Gasteiger partial charge >= 0.3 is 11.9 Å². The number of allylic oxidation sites excluding steroid dienone is 1. The Bertz CT molecular complexity index is 591. The first-order valence-corrected chi connectivity index (χ1v) is 9.25. The van der Waals surface area contributed by atoms with Gasteiger partial charge in [0.2, 0.25) is 5.76 Å². The zero-order valence-corrected chi connectivity index (χ0v) is 14.9. The zero-order valence-electron chi connectivity index (χ0n) is 14.9. The molecule has 0 unspecified atom stereocenters. The fourth-order valence-corrected chi connectivity index (χ4v) is 4.19. The molecule has 0 bridgehead atoms. The summed E-state index contributed by atoms with van der Waals surface area (Å²) >= 11 is 0. The van der Waals surface area contributed by atoms with E-state index in [9.17, 15) is 14.4 Å². The Balaban J connectivity index is 2.03. The Hall–Kier alpha value is -1.85. The lowest BCUT2D eigenvalue weighted by atomic mass is 9.65. The highest BCUT2D eigenvalue weighted by Crippen LogP contribution is 2.56. The minimum absolute atomic E-state index is 0.0627. The molecule has 3 aliphatic rings. The molecular weight excluding hydrogens is 324 g/mol. The van der Waals surface area contributed by atoms with Crippen LogP contribution >= 0.6 is 0 Å². The molecule has 2 aliphatic carbocycles. The molecular formula is C19H26O6. The minimum Gasteiger partial charge on any atom is -0.460 e. The molecule has 0 N–H and O–H groups in total. The summed E-state index contributed by atoms with van der Waals surface area (Å²) in [5.41, 5.74) is -0.876. The molecule has 1 heterocycles. The maximum atomic E-state index is 13.1. The number of ether oxygens (including phenoxy) is 3. The van der Waals surface area contributed by atoms with Crippen LogP contribution in [0, 0.1) is 17.3 Å². The number of hydrogen-bond donors (Lipinski definition) is 0. The second kappa shape index (κ2) is 7.18. The van der Waals surface area contributed by atoms with Crippen molar-refractivity contribution in [2.75, 3.05) is 6.61 Å². The molecule has 0 radical (unpaired) electrons. The van der Waals surface area contributed by atoms with Gasteiger partial charge in [-0.3, -0.25) is 9.59 Å². The summed E-state index contributed by atoms with van der Waals surface area (Å²) in [4.78, 5) is 37.0. The summed E-state index contributed by atoms with van der Waals surface area (Å²) in [7, 11) is 0. The molecule has 2 fully saturated rings. The Morgan fingerprint density at radius 1 is 1.28 bits per heavy atom. The van der Waals surface area contributed by atoms with Gasteiger partial charge in [0.15, 0.2) is 0 Å². The van der Waals surface area contributed by atoms with Gasteiger partial charge in [0.25, 0.3) is 6.29 Å². The molecule has 0 saturated heterocycles. The van der Waals surface area contributed by atoms with Gasteiger partial charge in [-0.15, -0.1) is 0 Å². The SMILES string of the molecule is CCOC(=O)C1=C[C@@H](C2CC2)[C@@]2(CCCCCC2=O)[C@@H](OC(C)=O)O1. The molecule has 6 heteroatoms. The van der Waals surface area contributed by atoms with Crippen molar-refractivity contribution in [1.82, 2.24) is 0 Å². The van der Waals surface area contributed by atoms with Crippen molar-refractivity contribution in [3.63, 3.8) is 0 Å². The standard InChI is InChI=1S/C19H26O6/c1-3-23-17(22)15-11-14(13-8-9-13)19(18(25-15)24-12(2)20)10-6-4-5-7-16(19)21/h11,13-14,18H,3-10H2,1-2H3/t14-,18-,19+/m0/s1. The molecule has 2 saturated carbocycles. The third kappa shape index (κ3) is 3.44. The first-order valence-electron chi connectivity index (χ1n) is 9.25. The van der Waals surface area contributed by atoms with Crippen LogP contribution < -0.4 is 0 Å². The van der Waals surface area contributed by atoms with E-state index in [0.717, 1.165) is 32.1 Å². The summed E-state index contributed by atoms with van der Waals surface area (Å²) in [5, 5.41) is 0. The minimum atomic E-state index is -1.05. The number of carbonyl (C=O) groups excluding carboxylic acids is 3. The lowest BCUT2D eigenvalue weighted by Gasteiger charge is -2.45. The first-order chi connectivity index (χ1) is 12.0. The predicted molar refractivity (Wildman–Crippen MR) is 88.1 cm³/mol. The molecule has 25 heavy (non-hydrogen) atoms. The molecule has 1 aliphatic heterocycles. The highest BCUT2D eigenvalue weighted by molar-refractivity contribution is 5.90. The van der Waals surface area contributed by atoms with Crippen molar-refractivity contribution in [2.45, 2.75) is 65.1 Å². The maximum absolute atomic E-state index is 13.1. The van der Waals surface area contributed by atoms with Crippen LogP contribution in [0.1, 0.15) is 58.8 Å². The summed E-state index contributed by atoms with van der Waals surface area (Å²) in [5.74, 6) is -0.744. The lowest BCUT2D eigenvalue weighted by molar-refractivity contribution is -0.217. The Labute approximate surface area is 147 Å². The van der Waals surface area contributed by atoms with E-state index in [-0.39, 0.29) is 24.1 Å². The van der Waals surface area contributed by atoms with Crippen molar-refractivity contribution in [1.29, 1.82) is 0 Å². The van der Waals surface area contributed by atoms with Gasteiger partial charge in [0.05, 0.1) is 6.61 Å². The highest BCUT2D eigenvalue weighted by atomic mass is 16.7. The predicted octanol–water partition coefficient (Wildman–Crippen LogP) is 2.90. The van der Waals surface area contributed by atoms with Crippen molar-refractivity contribution in [3.05, 3.63) is 11.8 Å². The Morgan fingerprint density at radius 3 is 2.68 bits per heavy atom. The van der Waals surface area contributed by atoms with E-state index in [2.05, 4.69) is 0 Å². The third-order valence-corrected chi connectivity index (χ3v) is 5.47. The van der Waals surface area contributed by atoms with Gasteiger partial charge in [-0.25, -0.2) is 4.79 Å². The van der Waals surface area contributed by atoms with E-state index in [1.807, 2.05) is 0 Å². The molecule has 0 aromatic heterocycles. The number of Topliss-reactive ketones (excluding diaryl/α,β-unsaturated/α-hetero) is 1. The van der Waals surface area contributed by atoms with Gasteiger partial charge < -0.3 is 14.2 Å². The molecule has 138 valence electrons. The highest BCUT2D eigenvalue weighted by Gasteiger charge is 2.60. The zero-order chi connectivity index (χ0) is 18.0. The van der Waals surface area contributed by atoms with Crippen molar-refractivity contribution in [2.24, 2.45) is 17.3 Å². The normalized spacial score (nSPS) is 32.4. The van der Waals surface area contributed by atoms with Crippen LogP contribution in [0.2, 0.25) is 0 Å². The van der Waals surface area contributed by atoms with Crippen LogP contribution in [0.25, 0.3) is 0 Å². The largest absolute Gasteiger partial charge is 0.460 e. The Morgan fingerprint density at radius 2 is 2.04 bits per heavy atom. The molecule has 3 atom stereocenters. The summed E-state index contributed by atoms with van der Waals surface area (Å²) in [6.45, 7) is 3.25. The monoisotopic (exact) mass is 350 g/mol. The molecule has 3 rings (SSSR count). The van der Waals surface area contributed by atoms with Crippen LogP contribution in [0.5, 0.6) is 0 Å². The van der Waals surface area contributed by atoms with E-state index >= 15 is 0 Å². The number of carbonyl (C=O) groups is 3. The van der Waals surface area contributed by atoms with Gasteiger partial charge in [-0.1, -0.05) is 12.8 Å².